The summed E-state index contributed by atoms with van der Waals surface area (Å²) >= 11 is 0. The van der Waals surface area contributed by atoms with Gasteiger partial charge >= 0.3 is 0 Å². The molecule has 0 bridgehead atoms. The number of aromatic nitrogens is 1. The first-order valence-corrected chi connectivity index (χ1v) is 19.9. The molecule has 1 fully saturated rings. The Morgan fingerprint density at radius 1 is 0.833 bits per heavy atom. The minimum Gasteiger partial charge on any atom is -0.401 e. The van der Waals surface area contributed by atoms with Gasteiger partial charge in [0, 0.05) is 30.9 Å². The minimum absolute atomic E-state index is 0.0947. The molecule has 1 saturated heterocycles. The summed E-state index contributed by atoms with van der Waals surface area (Å²) in [6.07, 6.45) is 5.24. The van der Waals surface area contributed by atoms with Gasteiger partial charge in [0.15, 0.2) is 0 Å². The number of alkyl halides is 1. The predicted molar refractivity (Wildman–Crippen MR) is 196 cm³/mol. The quantitative estimate of drug-likeness (QED) is 0.0885. The minimum atomic E-state index is -3.42. The zero-order chi connectivity index (χ0) is 33.9. The molecule has 1 atom stereocenters. The number of ether oxygens (including phenoxy) is 1. The lowest BCUT2D eigenvalue weighted by molar-refractivity contribution is 0.0335. The third kappa shape index (κ3) is 8.31. The molecular weight excluding hydrogens is 619 g/mol. The molecule has 2 heterocycles. The molecule has 5 rings (SSSR count). The molecule has 1 unspecified atom stereocenters. The highest BCUT2D eigenvalue weighted by atomic mass is 28.4. The third-order valence-corrected chi connectivity index (χ3v) is 13.7. The molecule has 0 saturated carbocycles. The molecule has 1 aromatic heterocycles. The van der Waals surface area contributed by atoms with Gasteiger partial charge in [-0.1, -0.05) is 120 Å². The van der Waals surface area contributed by atoms with Crippen LogP contribution in [0.15, 0.2) is 84.9 Å². The lowest BCUT2D eigenvalue weighted by atomic mass is 9.87. The Morgan fingerprint density at radius 3 is 2.02 bits per heavy atom. The van der Waals surface area contributed by atoms with E-state index in [9.17, 15) is 4.39 Å². The summed E-state index contributed by atoms with van der Waals surface area (Å²) in [6.45, 7) is 12.7. The highest BCUT2D eigenvalue weighted by Gasteiger charge is 2.48. The van der Waals surface area contributed by atoms with Gasteiger partial charge in [-0.25, -0.2) is 8.78 Å². The van der Waals surface area contributed by atoms with E-state index >= 15 is 4.39 Å². The standard InChI is InChI=1S/C41H52F2N2O2Si/c1-5-7-10-20-36-38(29-45-25-27-46-28-26-45)44-41(31(3)4)37(40(36)32-21-23-33(42)24-22-32)30-47-48(39(43)15-6-2,34-16-11-8-12-17-34)35-18-13-9-14-19-35/h8-9,11-14,16-19,21-24,31,39H,5-7,10,15,20,25-30H2,1-4H3. The van der Waals surface area contributed by atoms with Crippen LogP contribution in [0.3, 0.4) is 0 Å². The zero-order valence-corrected chi connectivity index (χ0v) is 30.2. The topological polar surface area (TPSA) is 34.6 Å². The van der Waals surface area contributed by atoms with Crippen molar-refractivity contribution in [3.05, 3.63) is 113 Å². The largest absolute Gasteiger partial charge is 0.401 e. The van der Waals surface area contributed by atoms with Crippen molar-refractivity contribution >= 4 is 18.7 Å². The highest BCUT2D eigenvalue weighted by molar-refractivity contribution is 6.98. The normalized spacial score (nSPS) is 14.8. The lowest BCUT2D eigenvalue weighted by Crippen LogP contribution is -2.67. The molecule has 7 heteroatoms. The Hall–Kier alpha value is -3.23. The molecule has 1 aliphatic heterocycles. The molecule has 0 radical (unpaired) electrons. The average Bonchev–Trinajstić information content (AvgIpc) is 3.11. The molecule has 0 spiro atoms. The van der Waals surface area contributed by atoms with E-state index in [-0.39, 0.29) is 18.3 Å². The van der Waals surface area contributed by atoms with Crippen molar-refractivity contribution in [2.45, 2.75) is 91.1 Å². The van der Waals surface area contributed by atoms with Crippen LogP contribution in [-0.4, -0.2) is 50.3 Å². The number of halogens is 2. The first kappa shape index (κ1) is 36.1. The summed E-state index contributed by atoms with van der Waals surface area (Å²) in [7, 11) is -3.42. The first-order chi connectivity index (χ1) is 23.4. The van der Waals surface area contributed by atoms with Crippen molar-refractivity contribution in [1.29, 1.82) is 0 Å². The van der Waals surface area contributed by atoms with Gasteiger partial charge in [-0.2, -0.15) is 0 Å². The van der Waals surface area contributed by atoms with Gasteiger partial charge in [0.05, 0.1) is 25.5 Å². The maximum Gasteiger partial charge on any atom is 0.290 e. The van der Waals surface area contributed by atoms with Gasteiger partial charge in [0.2, 0.25) is 0 Å². The Bertz CT molecular complexity index is 1520. The van der Waals surface area contributed by atoms with E-state index in [0.29, 0.717) is 19.6 Å². The van der Waals surface area contributed by atoms with Crippen LogP contribution in [0.5, 0.6) is 0 Å². The third-order valence-electron chi connectivity index (χ3n) is 9.54. The lowest BCUT2D eigenvalue weighted by Gasteiger charge is -2.36. The van der Waals surface area contributed by atoms with Crippen LogP contribution in [-0.2, 0) is 28.7 Å². The molecule has 48 heavy (non-hydrogen) atoms. The number of unbranched alkanes of at least 4 members (excludes halogenated alkanes) is 2. The second-order valence-corrected chi connectivity index (χ2v) is 16.8. The number of morpholine rings is 1. The van der Waals surface area contributed by atoms with Crippen molar-refractivity contribution < 1.29 is 17.9 Å². The molecule has 0 N–H and O–H groups in total. The SMILES string of the molecule is CCCCCc1c(CN2CCOCC2)nc(C(C)C)c(CO[Si](c2ccccc2)(c2ccccc2)C(F)CCC)c1-c1ccc(F)cc1. The molecule has 4 aromatic rings. The van der Waals surface area contributed by atoms with Crippen molar-refractivity contribution in [2.75, 3.05) is 26.3 Å². The van der Waals surface area contributed by atoms with E-state index in [1.54, 1.807) is 12.1 Å². The summed E-state index contributed by atoms with van der Waals surface area (Å²) in [5.74, 6) is -1.32. The molecule has 256 valence electrons. The molecule has 4 nitrogen and oxygen atoms in total. The number of benzene rings is 3. The number of pyridine rings is 1. The van der Waals surface area contributed by atoms with Crippen LogP contribution in [0, 0.1) is 5.82 Å². The van der Waals surface area contributed by atoms with E-state index in [2.05, 4.69) is 25.7 Å². The van der Waals surface area contributed by atoms with E-state index in [1.807, 2.05) is 79.7 Å². The summed E-state index contributed by atoms with van der Waals surface area (Å²) in [5.41, 5.74) is 6.24. The van der Waals surface area contributed by atoms with Crippen LogP contribution in [0.1, 0.15) is 88.2 Å². The second-order valence-electron chi connectivity index (χ2n) is 13.3. The van der Waals surface area contributed by atoms with Crippen LogP contribution in [0.25, 0.3) is 11.1 Å². The summed E-state index contributed by atoms with van der Waals surface area (Å²) in [4.78, 5) is 7.88. The maximum atomic E-state index is 17.0. The monoisotopic (exact) mass is 670 g/mol. The van der Waals surface area contributed by atoms with Gasteiger partial charge in [-0.05, 0) is 64.4 Å². The summed E-state index contributed by atoms with van der Waals surface area (Å²) in [5, 5.41) is 1.85. The number of hydrogen-bond donors (Lipinski definition) is 0. The van der Waals surface area contributed by atoms with Gasteiger partial charge in [-0.3, -0.25) is 9.88 Å². The Balaban J connectivity index is 1.73. The predicted octanol–water partition coefficient (Wildman–Crippen LogP) is 8.53. The van der Waals surface area contributed by atoms with Gasteiger partial charge < -0.3 is 9.16 Å². The van der Waals surface area contributed by atoms with Crippen molar-refractivity contribution in [1.82, 2.24) is 9.88 Å². The highest BCUT2D eigenvalue weighted by Crippen LogP contribution is 2.37. The summed E-state index contributed by atoms with van der Waals surface area (Å²) in [6, 6.07) is 26.9. The van der Waals surface area contributed by atoms with Crippen LogP contribution in [0.4, 0.5) is 8.78 Å². The summed E-state index contributed by atoms with van der Waals surface area (Å²) < 4.78 is 44.3. The Kier molecular flexibility index (Phi) is 13.1. The number of hydrogen-bond acceptors (Lipinski definition) is 4. The van der Waals surface area contributed by atoms with Gasteiger partial charge in [-0.15, -0.1) is 0 Å². The average molecular weight is 671 g/mol. The van der Waals surface area contributed by atoms with Crippen LogP contribution >= 0.6 is 0 Å². The van der Waals surface area contributed by atoms with Crippen molar-refractivity contribution in [2.24, 2.45) is 0 Å². The first-order valence-electron chi connectivity index (χ1n) is 17.9. The Labute approximate surface area is 287 Å². The smallest absolute Gasteiger partial charge is 0.290 e. The van der Waals surface area contributed by atoms with E-state index in [1.165, 1.54) is 5.56 Å². The second kappa shape index (κ2) is 17.4. The fourth-order valence-electron chi connectivity index (χ4n) is 7.05. The van der Waals surface area contributed by atoms with Crippen LogP contribution in [0.2, 0.25) is 0 Å². The zero-order valence-electron chi connectivity index (χ0n) is 29.2. The maximum absolute atomic E-state index is 17.0. The van der Waals surface area contributed by atoms with E-state index in [0.717, 1.165) is 90.2 Å². The molecular formula is C41H52F2N2O2Si. The molecule has 0 aliphatic carbocycles. The van der Waals surface area contributed by atoms with Crippen LogP contribution < -0.4 is 10.4 Å². The molecule has 0 amide bonds. The molecule has 1 aliphatic rings. The number of rotatable bonds is 16. The van der Waals surface area contributed by atoms with Crippen molar-refractivity contribution in [3.8, 4) is 11.1 Å². The fraction of sp³-hybridized carbons (Fsp3) is 0.439. The van der Waals surface area contributed by atoms with E-state index in [4.69, 9.17) is 14.1 Å². The van der Waals surface area contributed by atoms with E-state index < -0.39 is 14.1 Å². The molecule has 3 aromatic carbocycles. The Morgan fingerprint density at radius 2 is 1.46 bits per heavy atom. The van der Waals surface area contributed by atoms with Crippen molar-refractivity contribution in [3.63, 3.8) is 0 Å². The number of nitrogens with zero attached hydrogens (tertiary/aromatic N) is 2. The van der Waals surface area contributed by atoms with Gasteiger partial charge in [0.25, 0.3) is 8.32 Å². The van der Waals surface area contributed by atoms with Gasteiger partial charge in [0.1, 0.15) is 11.6 Å². The fourth-order valence-corrected chi connectivity index (χ4v) is 11.1.